The summed E-state index contributed by atoms with van der Waals surface area (Å²) in [4.78, 5) is 0.475. The maximum Gasteiger partial charge on any atom is 0.283 e. The standard InChI is InChI=1S/C18H27NO10S/c1-9-13(8-30-11-4-2-3-10(7-11)12(20)5-6-19)14(9,21)16(24,25)18(28,29)17(26,27)15(13,22)23/h2-4,7,9,12,20-29H,5-6,8,19H2,1H3. The summed E-state index contributed by atoms with van der Waals surface area (Å²) in [5.74, 6) is -18.1. The Morgan fingerprint density at radius 2 is 1.50 bits per heavy atom. The number of fused-ring (bicyclic) bond motifs is 1. The van der Waals surface area contributed by atoms with Crippen molar-refractivity contribution in [2.24, 2.45) is 17.1 Å². The van der Waals surface area contributed by atoms with Gasteiger partial charge in [-0.3, -0.25) is 0 Å². The Balaban J connectivity index is 1.97. The van der Waals surface area contributed by atoms with Crippen LogP contribution in [-0.4, -0.2) is 92.1 Å². The minimum Gasteiger partial charge on any atom is -0.388 e. The molecule has 12 N–H and O–H groups in total. The Morgan fingerprint density at radius 3 is 2.07 bits per heavy atom. The second-order valence-corrected chi connectivity index (χ2v) is 9.15. The van der Waals surface area contributed by atoms with E-state index < -0.39 is 51.9 Å². The van der Waals surface area contributed by atoms with Gasteiger partial charge in [-0.1, -0.05) is 19.1 Å². The van der Waals surface area contributed by atoms with Crippen LogP contribution in [0.4, 0.5) is 0 Å². The second kappa shape index (κ2) is 6.81. The van der Waals surface area contributed by atoms with E-state index in [1.54, 1.807) is 24.3 Å². The highest BCUT2D eigenvalue weighted by molar-refractivity contribution is 7.99. The fraction of sp³-hybridized carbons (Fsp3) is 0.667. The predicted molar refractivity (Wildman–Crippen MR) is 101 cm³/mol. The van der Waals surface area contributed by atoms with Gasteiger partial charge in [0, 0.05) is 16.6 Å². The summed E-state index contributed by atoms with van der Waals surface area (Å²) in [6.45, 7) is 1.42. The Labute approximate surface area is 175 Å². The predicted octanol–water partition coefficient (Wildman–Crippen LogP) is -3.73. The lowest BCUT2D eigenvalue weighted by Gasteiger charge is -2.56. The first-order valence-corrected chi connectivity index (χ1v) is 10.2. The Kier molecular flexibility index (Phi) is 5.40. The van der Waals surface area contributed by atoms with Gasteiger partial charge in [-0.25, -0.2) is 0 Å². The first-order valence-electron chi connectivity index (χ1n) is 9.20. The fourth-order valence-electron chi connectivity index (χ4n) is 4.63. The molecule has 2 fully saturated rings. The average Bonchev–Trinajstić information content (AvgIpc) is 3.17. The lowest BCUT2D eigenvalue weighted by Crippen LogP contribution is -2.86. The third-order valence-electron chi connectivity index (χ3n) is 6.72. The number of hydrogen-bond acceptors (Lipinski definition) is 12. The summed E-state index contributed by atoms with van der Waals surface area (Å²) < 4.78 is 0. The molecule has 4 unspecified atom stereocenters. The van der Waals surface area contributed by atoms with Crippen LogP contribution in [0.1, 0.15) is 25.0 Å². The first kappa shape index (κ1) is 23.8. The van der Waals surface area contributed by atoms with E-state index in [0.29, 0.717) is 16.9 Å². The normalized spacial score (nSPS) is 36.1. The molecule has 0 radical (unpaired) electrons. The van der Waals surface area contributed by atoms with Crippen molar-refractivity contribution in [3.63, 3.8) is 0 Å². The number of thioether (sulfide) groups is 1. The molecule has 0 heterocycles. The molecular weight excluding hydrogens is 422 g/mol. The molecule has 11 nitrogen and oxygen atoms in total. The van der Waals surface area contributed by atoms with E-state index in [0.717, 1.165) is 11.8 Å². The molecule has 3 rings (SSSR count). The summed E-state index contributed by atoms with van der Waals surface area (Å²) >= 11 is 0.893. The van der Waals surface area contributed by atoms with Gasteiger partial charge in [0.2, 0.25) is 5.79 Å². The summed E-state index contributed by atoms with van der Waals surface area (Å²) in [6, 6.07) is 6.43. The molecule has 0 aliphatic heterocycles. The molecule has 30 heavy (non-hydrogen) atoms. The molecule has 0 aromatic heterocycles. The van der Waals surface area contributed by atoms with Gasteiger partial charge in [0.25, 0.3) is 17.4 Å². The highest BCUT2D eigenvalue weighted by atomic mass is 32.2. The average molecular weight is 449 g/mol. The maximum atomic E-state index is 10.9. The molecule has 2 saturated carbocycles. The molecule has 2 aliphatic carbocycles. The number of aliphatic hydroxyl groups is 10. The van der Waals surface area contributed by atoms with Crippen molar-refractivity contribution in [1.82, 2.24) is 0 Å². The molecule has 1 aromatic rings. The topological polar surface area (TPSA) is 228 Å². The van der Waals surface area contributed by atoms with Gasteiger partial charge in [0.1, 0.15) is 5.60 Å². The smallest absolute Gasteiger partial charge is 0.283 e. The van der Waals surface area contributed by atoms with Crippen LogP contribution in [0.3, 0.4) is 0 Å². The highest BCUT2D eigenvalue weighted by Gasteiger charge is 3.00. The second-order valence-electron chi connectivity index (χ2n) is 8.10. The summed E-state index contributed by atoms with van der Waals surface area (Å²) in [5.41, 5.74) is 0.665. The van der Waals surface area contributed by atoms with Crippen LogP contribution in [0.25, 0.3) is 0 Å². The SMILES string of the molecule is CC1C2(O)C(O)(O)C(O)(O)C(O)(O)C(O)(O)C12CSc1cccc(C(O)CCN)c1. The van der Waals surface area contributed by atoms with Crippen molar-refractivity contribution in [2.45, 2.75) is 53.1 Å². The number of nitrogens with two attached hydrogens (primary N) is 1. The van der Waals surface area contributed by atoms with Crippen molar-refractivity contribution in [1.29, 1.82) is 0 Å². The van der Waals surface area contributed by atoms with Gasteiger partial charge in [0.05, 0.1) is 11.5 Å². The van der Waals surface area contributed by atoms with Gasteiger partial charge >= 0.3 is 0 Å². The molecule has 12 heteroatoms. The zero-order valence-corrected chi connectivity index (χ0v) is 16.9. The summed E-state index contributed by atoms with van der Waals surface area (Å²) in [5, 5.41) is 103. The summed E-state index contributed by atoms with van der Waals surface area (Å²) in [7, 11) is 0. The van der Waals surface area contributed by atoms with Crippen molar-refractivity contribution >= 4 is 11.8 Å². The number of hydrogen-bond donors (Lipinski definition) is 11. The van der Waals surface area contributed by atoms with E-state index in [1.807, 2.05) is 0 Å². The van der Waals surface area contributed by atoms with Crippen molar-refractivity contribution in [3.8, 4) is 0 Å². The zero-order valence-electron chi connectivity index (χ0n) is 16.0. The molecule has 0 spiro atoms. The van der Waals surface area contributed by atoms with E-state index in [9.17, 15) is 51.1 Å². The van der Waals surface area contributed by atoms with Gasteiger partial charge in [0.15, 0.2) is 0 Å². The first-order chi connectivity index (χ1) is 13.6. The van der Waals surface area contributed by atoms with E-state index in [-0.39, 0.29) is 6.54 Å². The monoisotopic (exact) mass is 449 g/mol. The van der Waals surface area contributed by atoms with E-state index >= 15 is 0 Å². The Bertz CT molecular complexity index is 803. The minimum absolute atomic E-state index is 0.248. The van der Waals surface area contributed by atoms with Crippen LogP contribution < -0.4 is 5.73 Å². The van der Waals surface area contributed by atoms with E-state index in [1.165, 1.54) is 6.92 Å². The van der Waals surface area contributed by atoms with Crippen molar-refractivity contribution in [3.05, 3.63) is 29.8 Å². The van der Waals surface area contributed by atoms with Crippen molar-refractivity contribution < 1.29 is 51.1 Å². The zero-order chi connectivity index (χ0) is 23.0. The molecule has 0 bridgehead atoms. The quantitative estimate of drug-likeness (QED) is 0.149. The Hall–Kier alpha value is -0.870. The van der Waals surface area contributed by atoms with Gasteiger partial charge < -0.3 is 56.8 Å². The number of rotatable bonds is 6. The van der Waals surface area contributed by atoms with Crippen LogP contribution in [0.2, 0.25) is 0 Å². The molecule has 2 aliphatic rings. The summed E-state index contributed by atoms with van der Waals surface area (Å²) in [6.07, 6.45) is -0.542. The van der Waals surface area contributed by atoms with Crippen LogP contribution in [-0.2, 0) is 0 Å². The Morgan fingerprint density at radius 1 is 0.933 bits per heavy atom. The van der Waals surface area contributed by atoms with E-state index in [4.69, 9.17) is 5.73 Å². The lowest BCUT2D eigenvalue weighted by atomic mass is 9.70. The third-order valence-corrected chi connectivity index (χ3v) is 7.91. The molecule has 1 aromatic carbocycles. The highest BCUT2D eigenvalue weighted by Crippen LogP contribution is 2.78. The van der Waals surface area contributed by atoms with Crippen LogP contribution in [0.5, 0.6) is 0 Å². The van der Waals surface area contributed by atoms with E-state index in [2.05, 4.69) is 0 Å². The third kappa shape index (κ3) is 2.50. The molecule has 170 valence electrons. The largest absolute Gasteiger partial charge is 0.388 e. The molecule has 0 saturated heterocycles. The number of aliphatic hydroxyl groups excluding tert-OH is 1. The minimum atomic E-state index is -4.30. The molecule has 0 amide bonds. The number of benzene rings is 1. The fourth-order valence-corrected chi connectivity index (χ4v) is 6.09. The van der Waals surface area contributed by atoms with Gasteiger partial charge in [-0.05, 0) is 30.7 Å². The van der Waals surface area contributed by atoms with Crippen LogP contribution in [0.15, 0.2) is 29.2 Å². The van der Waals surface area contributed by atoms with Crippen molar-refractivity contribution in [2.75, 3.05) is 12.3 Å². The molecular formula is C18H27NO10S. The van der Waals surface area contributed by atoms with Crippen LogP contribution >= 0.6 is 11.8 Å². The van der Waals surface area contributed by atoms with Crippen LogP contribution in [0, 0.1) is 11.3 Å². The molecule has 4 atom stereocenters. The van der Waals surface area contributed by atoms with Gasteiger partial charge in [-0.15, -0.1) is 11.8 Å². The van der Waals surface area contributed by atoms with Gasteiger partial charge in [-0.2, -0.15) is 0 Å². The lowest BCUT2D eigenvalue weighted by molar-refractivity contribution is -0.550. The maximum absolute atomic E-state index is 10.9.